The summed E-state index contributed by atoms with van der Waals surface area (Å²) in [6.07, 6.45) is -2.04. The van der Waals surface area contributed by atoms with Crippen LogP contribution in [0.1, 0.15) is 16.9 Å². The molecule has 10 nitrogen and oxygen atoms in total. The third kappa shape index (κ3) is 8.61. The van der Waals surface area contributed by atoms with Gasteiger partial charge in [-0.05, 0) is 72.3 Å². The molecule has 15 heteroatoms. The highest BCUT2D eigenvalue weighted by Gasteiger charge is 2.34. The first-order valence-electron chi connectivity index (χ1n) is 12.7. The second kappa shape index (κ2) is 14.1. The topological polar surface area (TPSA) is 130 Å². The lowest BCUT2D eigenvalue weighted by molar-refractivity contribution is -0.137. The van der Waals surface area contributed by atoms with Crippen LogP contribution in [0.2, 0.25) is 5.02 Å². The van der Waals surface area contributed by atoms with E-state index in [1.54, 1.807) is 42.5 Å². The van der Waals surface area contributed by atoms with E-state index in [1.807, 2.05) is 0 Å². The summed E-state index contributed by atoms with van der Waals surface area (Å²) in [5, 5.41) is 6.13. The SMILES string of the molecule is O=C(COc1ccc(/C=N/NC(=O)CN(c2cc(C(F)(F)F)ccc2Cl)S(=O)(=O)c2ccccc2)cc1)NCc1ccco1. The lowest BCUT2D eigenvalue weighted by Crippen LogP contribution is -2.40. The molecular weight excluding hydrogens is 625 g/mol. The van der Waals surface area contributed by atoms with Crippen LogP contribution in [0.5, 0.6) is 5.75 Å². The smallest absolute Gasteiger partial charge is 0.416 e. The Kier molecular flexibility index (Phi) is 10.3. The maximum Gasteiger partial charge on any atom is 0.416 e. The maximum absolute atomic E-state index is 13.4. The number of sulfonamides is 1. The van der Waals surface area contributed by atoms with Crippen molar-refractivity contribution in [3.05, 3.63) is 113 Å². The molecule has 4 aromatic rings. The van der Waals surface area contributed by atoms with Crippen molar-refractivity contribution >= 4 is 45.3 Å². The molecule has 2 N–H and O–H groups in total. The van der Waals surface area contributed by atoms with Gasteiger partial charge >= 0.3 is 6.18 Å². The van der Waals surface area contributed by atoms with Gasteiger partial charge in [-0.25, -0.2) is 13.8 Å². The minimum Gasteiger partial charge on any atom is -0.484 e. The Hall–Kier alpha value is -4.82. The van der Waals surface area contributed by atoms with Crippen LogP contribution in [-0.4, -0.2) is 39.6 Å². The molecule has 0 unspecified atom stereocenters. The number of amides is 2. The molecule has 0 aliphatic heterocycles. The Bertz CT molecular complexity index is 1720. The minimum absolute atomic E-state index is 0.221. The number of nitrogens with one attached hydrogen (secondary N) is 2. The number of anilines is 1. The van der Waals surface area contributed by atoms with E-state index in [9.17, 15) is 31.2 Å². The highest BCUT2D eigenvalue weighted by atomic mass is 35.5. The van der Waals surface area contributed by atoms with Crippen LogP contribution in [0, 0.1) is 0 Å². The van der Waals surface area contributed by atoms with Crippen LogP contribution in [0.25, 0.3) is 0 Å². The van der Waals surface area contributed by atoms with Crippen molar-refractivity contribution in [1.82, 2.24) is 10.7 Å². The van der Waals surface area contributed by atoms with Crippen LogP contribution in [-0.2, 0) is 32.3 Å². The van der Waals surface area contributed by atoms with Gasteiger partial charge in [0, 0.05) is 0 Å². The molecule has 2 amide bonds. The number of hydrogen-bond acceptors (Lipinski definition) is 7. The third-order valence-electron chi connectivity index (χ3n) is 5.85. The highest BCUT2D eigenvalue weighted by Crippen LogP contribution is 2.37. The Morgan fingerprint density at radius 3 is 2.36 bits per heavy atom. The minimum atomic E-state index is -4.79. The van der Waals surface area contributed by atoms with E-state index in [2.05, 4.69) is 15.8 Å². The summed E-state index contributed by atoms with van der Waals surface area (Å²) in [6, 6.07) is 18.8. The number of alkyl halides is 3. The van der Waals surface area contributed by atoms with Crippen molar-refractivity contribution in [2.24, 2.45) is 5.10 Å². The Morgan fingerprint density at radius 1 is 0.977 bits per heavy atom. The average Bonchev–Trinajstić information content (AvgIpc) is 3.52. The summed E-state index contributed by atoms with van der Waals surface area (Å²) in [6.45, 7) is -0.938. The van der Waals surface area contributed by atoms with Gasteiger partial charge in [0.15, 0.2) is 6.61 Å². The lowest BCUT2D eigenvalue weighted by Gasteiger charge is -2.25. The normalized spacial score (nSPS) is 11.7. The molecular formula is C29H24ClF3N4O6S. The first-order chi connectivity index (χ1) is 20.9. The molecule has 3 aromatic carbocycles. The van der Waals surface area contributed by atoms with Gasteiger partial charge in [0.2, 0.25) is 0 Å². The zero-order chi connectivity index (χ0) is 31.7. The fourth-order valence-corrected chi connectivity index (χ4v) is 5.42. The molecule has 44 heavy (non-hydrogen) atoms. The third-order valence-corrected chi connectivity index (χ3v) is 7.95. The van der Waals surface area contributed by atoms with Crippen LogP contribution in [0.4, 0.5) is 18.9 Å². The van der Waals surface area contributed by atoms with E-state index in [1.165, 1.54) is 36.7 Å². The van der Waals surface area contributed by atoms with Gasteiger partial charge in [0.1, 0.15) is 18.1 Å². The number of hydrogen-bond donors (Lipinski definition) is 2. The molecule has 0 aliphatic rings. The molecule has 0 aliphatic carbocycles. The molecule has 0 bridgehead atoms. The number of hydrazone groups is 1. The fraction of sp³-hybridized carbons (Fsp3) is 0.138. The second-order valence-corrected chi connectivity index (χ2v) is 11.3. The van der Waals surface area contributed by atoms with Gasteiger partial charge < -0.3 is 14.5 Å². The molecule has 0 radical (unpaired) electrons. The number of nitrogens with zero attached hydrogens (tertiary/aromatic N) is 2. The van der Waals surface area contributed by atoms with Crippen LogP contribution < -0.4 is 19.8 Å². The van der Waals surface area contributed by atoms with Crippen molar-refractivity contribution < 1.29 is 40.3 Å². The van der Waals surface area contributed by atoms with Gasteiger partial charge in [-0.15, -0.1) is 0 Å². The number of halogens is 4. The number of carbonyl (C=O) groups excluding carboxylic acids is 2. The van der Waals surface area contributed by atoms with Crippen molar-refractivity contribution in [3.8, 4) is 5.75 Å². The predicted octanol–water partition coefficient (Wildman–Crippen LogP) is 4.99. The van der Waals surface area contributed by atoms with E-state index in [-0.39, 0.29) is 29.0 Å². The van der Waals surface area contributed by atoms with Crippen molar-refractivity contribution in [2.75, 3.05) is 17.5 Å². The summed E-state index contributed by atoms with van der Waals surface area (Å²) < 4.78 is 78.1. The fourth-order valence-electron chi connectivity index (χ4n) is 3.69. The standard InChI is InChI=1S/C29H24ClF3N4O6S/c30-25-13-10-21(29(31,32)33)15-26(25)37(44(40,41)24-6-2-1-3-7-24)18-27(38)36-35-16-20-8-11-22(12-9-20)43-19-28(39)34-17-23-5-4-14-42-23/h1-16H,17-19H2,(H,34,39)(H,36,38)/b35-16+. The van der Waals surface area contributed by atoms with Gasteiger partial charge in [-0.2, -0.15) is 18.3 Å². The molecule has 0 fully saturated rings. The van der Waals surface area contributed by atoms with Crippen LogP contribution >= 0.6 is 11.6 Å². The first-order valence-corrected chi connectivity index (χ1v) is 14.5. The molecule has 0 saturated heterocycles. The number of carbonyl (C=O) groups is 2. The highest BCUT2D eigenvalue weighted by molar-refractivity contribution is 7.92. The molecule has 0 atom stereocenters. The van der Waals surface area contributed by atoms with Crippen molar-refractivity contribution in [1.29, 1.82) is 0 Å². The molecule has 230 valence electrons. The van der Waals surface area contributed by atoms with E-state index >= 15 is 0 Å². The summed E-state index contributed by atoms with van der Waals surface area (Å²) in [4.78, 5) is 24.4. The molecule has 1 aromatic heterocycles. The zero-order valence-electron chi connectivity index (χ0n) is 22.6. The van der Waals surface area contributed by atoms with E-state index < -0.39 is 39.9 Å². The van der Waals surface area contributed by atoms with Crippen molar-refractivity contribution in [2.45, 2.75) is 17.6 Å². The van der Waals surface area contributed by atoms with E-state index in [0.717, 1.165) is 6.07 Å². The first kappa shape index (κ1) is 32.1. The quantitative estimate of drug-likeness (QED) is 0.164. The summed E-state index contributed by atoms with van der Waals surface area (Å²) in [7, 11) is -4.52. The molecule has 0 saturated carbocycles. The van der Waals surface area contributed by atoms with Gasteiger partial charge in [0.25, 0.3) is 21.8 Å². The Balaban J connectivity index is 1.40. The van der Waals surface area contributed by atoms with Gasteiger partial charge in [0.05, 0.1) is 40.2 Å². The number of benzene rings is 3. The van der Waals surface area contributed by atoms with Crippen LogP contribution in [0.3, 0.4) is 0 Å². The summed E-state index contributed by atoms with van der Waals surface area (Å²) in [5.41, 5.74) is 0.995. The Labute approximate surface area is 255 Å². The largest absolute Gasteiger partial charge is 0.484 e. The Morgan fingerprint density at radius 2 is 1.70 bits per heavy atom. The molecule has 4 rings (SSSR count). The summed E-state index contributed by atoms with van der Waals surface area (Å²) in [5.74, 6) is -0.322. The molecule has 0 spiro atoms. The number of ether oxygens (including phenoxy) is 1. The predicted molar refractivity (Wildman–Crippen MR) is 156 cm³/mol. The van der Waals surface area contributed by atoms with Gasteiger partial charge in [-0.3, -0.25) is 13.9 Å². The van der Waals surface area contributed by atoms with E-state index in [0.29, 0.717) is 33.5 Å². The maximum atomic E-state index is 13.4. The monoisotopic (exact) mass is 648 g/mol. The lowest BCUT2D eigenvalue weighted by atomic mass is 10.2. The van der Waals surface area contributed by atoms with Crippen LogP contribution in [0.15, 0.2) is 106 Å². The average molecular weight is 649 g/mol. The zero-order valence-corrected chi connectivity index (χ0v) is 24.2. The van der Waals surface area contributed by atoms with Gasteiger partial charge in [-0.1, -0.05) is 29.8 Å². The second-order valence-electron chi connectivity index (χ2n) is 9.00. The number of furan rings is 1. The van der Waals surface area contributed by atoms with Crippen molar-refractivity contribution in [3.63, 3.8) is 0 Å². The molecule has 1 heterocycles. The summed E-state index contributed by atoms with van der Waals surface area (Å²) >= 11 is 6.12. The number of rotatable bonds is 12. The van der Waals surface area contributed by atoms with E-state index in [4.69, 9.17) is 20.8 Å².